The Balaban J connectivity index is 1.82. The van der Waals surface area contributed by atoms with Gasteiger partial charge >= 0.3 is 5.97 Å². The number of ether oxygens (including phenoxy) is 1. The van der Waals surface area contributed by atoms with Gasteiger partial charge in [0, 0.05) is 18.5 Å². The van der Waals surface area contributed by atoms with Gasteiger partial charge in [0.25, 0.3) is 5.91 Å². The third kappa shape index (κ3) is 3.57. The number of hydrogen-bond acceptors (Lipinski definition) is 5. The molecule has 0 spiro atoms. The number of likely N-dealkylation sites (tertiary alicyclic amines) is 1. The summed E-state index contributed by atoms with van der Waals surface area (Å²) in [6.07, 6.45) is 1.44. The second-order valence-corrected chi connectivity index (χ2v) is 5.45. The first-order valence-electron chi connectivity index (χ1n) is 6.34. The first-order valence-corrected chi connectivity index (χ1v) is 7.28. The van der Waals surface area contributed by atoms with E-state index in [0.717, 1.165) is 6.42 Å². The topological polar surface area (TPSA) is 89.7 Å². The van der Waals surface area contributed by atoms with Crippen LogP contribution in [0.25, 0.3) is 0 Å². The van der Waals surface area contributed by atoms with E-state index in [1.807, 2.05) is 0 Å². The fraction of sp³-hybridized carbons (Fsp3) is 0.462. The Hall–Kier alpha value is -1.89. The summed E-state index contributed by atoms with van der Waals surface area (Å²) in [6.45, 7) is 0.572. The monoisotopic (exact) mass is 296 g/mol. The molecule has 1 atom stereocenters. The highest BCUT2D eigenvalue weighted by Crippen LogP contribution is 2.16. The molecule has 0 aliphatic carbocycles. The van der Waals surface area contributed by atoms with E-state index in [1.165, 1.54) is 16.2 Å². The number of rotatable bonds is 4. The molecule has 2 N–H and O–H groups in total. The maximum Gasteiger partial charge on any atom is 0.339 e. The first-order chi connectivity index (χ1) is 9.58. The molecule has 2 rings (SSSR count). The highest BCUT2D eigenvalue weighted by molar-refractivity contribution is 7.08. The fourth-order valence-electron chi connectivity index (χ4n) is 2.12. The van der Waals surface area contributed by atoms with E-state index < -0.39 is 11.9 Å². The number of piperidine rings is 1. The van der Waals surface area contributed by atoms with Crippen LogP contribution in [0.3, 0.4) is 0 Å². The van der Waals surface area contributed by atoms with E-state index >= 15 is 0 Å². The van der Waals surface area contributed by atoms with Crippen molar-refractivity contribution in [3.05, 3.63) is 22.4 Å². The molecule has 2 heterocycles. The van der Waals surface area contributed by atoms with Crippen molar-refractivity contribution in [3.63, 3.8) is 0 Å². The average molecular weight is 296 g/mol. The van der Waals surface area contributed by atoms with Gasteiger partial charge in [0.2, 0.25) is 5.91 Å². The number of esters is 1. The second-order valence-electron chi connectivity index (χ2n) is 4.67. The van der Waals surface area contributed by atoms with Gasteiger partial charge < -0.3 is 15.4 Å². The number of nitrogens with zero attached hydrogens (tertiary/aromatic N) is 1. The minimum Gasteiger partial charge on any atom is -0.452 e. The Morgan fingerprint density at radius 1 is 1.45 bits per heavy atom. The summed E-state index contributed by atoms with van der Waals surface area (Å²) in [5.74, 6) is -1.50. The maximum absolute atomic E-state index is 11.9. The summed E-state index contributed by atoms with van der Waals surface area (Å²) in [5, 5.41) is 3.43. The van der Waals surface area contributed by atoms with Crippen molar-refractivity contribution in [2.75, 3.05) is 19.7 Å². The van der Waals surface area contributed by atoms with Crippen LogP contribution in [0.4, 0.5) is 0 Å². The lowest BCUT2D eigenvalue weighted by Crippen LogP contribution is -2.45. The first kappa shape index (κ1) is 14.5. The Morgan fingerprint density at radius 2 is 2.25 bits per heavy atom. The number of nitrogens with two attached hydrogens (primary N) is 1. The van der Waals surface area contributed by atoms with Gasteiger partial charge in [-0.25, -0.2) is 4.79 Å². The molecule has 1 aliphatic rings. The predicted molar refractivity (Wildman–Crippen MR) is 73.1 cm³/mol. The number of carbonyl (C=O) groups is 3. The molecule has 1 saturated heterocycles. The quantitative estimate of drug-likeness (QED) is 0.825. The fourth-order valence-corrected chi connectivity index (χ4v) is 2.74. The minimum absolute atomic E-state index is 0.292. The van der Waals surface area contributed by atoms with Gasteiger partial charge in [0.05, 0.1) is 11.5 Å². The van der Waals surface area contributed by atoms with Crippen molar-refractivity contribution in [1.29, 1.82) is 0 Å². The third-order valence-corrected chi connectivity index (χ3v) is 3.94. The van der Waals surface area contributed by atoms with Crippen LogP contribution >= 0.6 is 11.3 Å². The lowest BCUT2D eigenvalue weighted by molar-refractivity contribution is -0.137. The maximum atomic E-state index is 11.9. The predicted octanol–water partition coefficient (Wildman–Crippen LogP) is 0.629. The minimum atomic E-state index is -0.511. The number of hydrogen-bond donors (Lipinski definition) is 1. The zero-order valence-electron chi connectivity index (χ0n) is 10.9. The van der Waals surface area contributed by atoms with Crippen molar-refractivity contribution in [3.8, 4) is 0 Å². The van der Waals surface area contributed by atoms with E-state index in [0.29, 0.717) is 25.1 Å². The molecule has 20 heavy (non-hydrogen) atoms. The molecule has 6 nitrogen and oxygen atoms in total. The average Bonchev–Trinajstić information content (AvgIpc) is 2.98. The van der Waals surface area contributed by atoms with E-state index in [9.17, 15) is 14.4 Å². The summed E-state index contributed by atoms with van der Waals surface area (Å²) in [5.41, 5.74) is 5.70. The highest BCUT2D eigenvalue weighted by atomic mass is 32.1. The molecular formula is C13H16N2O4S. The van der Waals surface area contributed by atoms with Crippen LogP contribution in [-0.2, 0) is 14.3 Å². The van der Waals surface area contributed by atoms with E-state index in [2.05, 4.69) is 0 Å². The Morgan fingerprint density at radius 3 is 2.90 bits per heavy atom. The zero-order valence-corrected chi connectivity index (χ0v) is 11.7. The van der Waals surface area contributed by atoms with Gasteiger partial charge in [-0.1, -0.05) is 0 Å². The van der Waals surface area contributed by atoms with Gasteiger partial charge in [0.15, 0.2) is 6.61 Å². The van der Waals surface area contributed by atoms with Gasteiger partial charge in [-0.05, 0) is 24.3 Å². The van der Waals surface area contributed by atoms with E-state index in [4.69, 9.17) is 10.5 Å². The molecule has 0 bridgehead atoms. The molecular weight excluding hydrogens is 280 g/mol. The molecule has 2 amide bonds. The standard InChI is InChI=1S/C13H16N2O4S/c14-12(17)9-2-1-4-15(6-9)11(16)7-19-13(18)10-3-5-20-8-10/h3,5,8-9H,1-2,4,6-7H2,(H2,14,17). The summed E-state index contributed by atoms with van der Waals surface area (Å²) >= 11 is 1.39. The molecule has 1 aromatic rings. The van der Waals surface area contributed by atoms with Gasteiger partial charge in [-0.15, -0.1) is 0 Å². The van der Waals surface area contributed by atoms with Crippen LogP contribution < -0.4 is 5.73 Å². The molecule has 1 aliphatic heterocycles. The second kappa shape index (κ2) is 6.51. The molecule has 108 valence electrons. The van der Waals surface area contributed by atoms with Crippen LogP contribution in [0.2, 0.25) is 0 Å². The van der Waals surface area contributed by atoms with Crippen molar-refractivity contribution in [2.24, 2.45) is 11.7 Å². The molecule has 0 saturated carbocycles. The summed E-state index contributed by atoms with van der Waals surface area (Å²) in [6, 6.07) is 1.64. The van der Waals surface area contributed by atoms with Crippen LogP contribution in [0.15, 0.2) is 16.8 Å². The molecule has 0 radical (unpaired) electrons. The number of carbonyl (C=O) groups excluding carboxylic acids is 3. The normalized spacial score (nSPS) is 18.6. The van der Waals surface area contributed by atoms with Gasteiger partial charge in [0.1, 0.15) is 0 Å². The van der Waals surface area contributed by atoms with Crippen molar-refractivity contribution in [1.82, 2.24) is 4.90 Å². The van der Waals surface area contributed by atoms with E-state index in [1.54, 1.807) is 16.8 Å². The van der Waals surface area contributed by atoms with Crippen LogP contribution in [-0.4, -0.2) is 42.4 Å². The van der Waals surface area contributed by atoms with E-state index in [-0.39, 0.29) is 18.4 Å². The summed E-state index contributed by atoms with van der Waals surface area (Å²) < 4.78 is 4.96. The molecule has 1 fully saturated rings. The Bertz CT molecular complexity index is 500. The van der Waals surface area contributed by atoms with Crippen molar-refractivity contribution < 1.29 is 19.1 Å². The largest absolute Gasteiger partial charge is 0.452 e. The molecule has 1 unspecified atom stereocenters. The van der Waals surface area contributed by atoms with Gasteiger partial charge in [-0.3, -0.25) is 9.59 Å². The number of thiophene rings is 1. The molecule has 0 aromatic carbocycles. The van der Waals surface area contributed by atoms with Crippen LogP contribution in [0, 0.1) is 5.92 Å². The third-order valence-electron chi connectivity index (χ3n) is 3.26. The molecule has 1 aromatic heterocycles. The van der Waals surface area contributed by atoms with Gasteiger partial charge in [-0.2, -0.15) is 11.3 Å². The number of primary amides is 1. The lowest BCUT2D eigenvalue weighted by Gasteiger charge is -2.30. The smallest absolute Gasteiger partial charge is 0.339 e. The Labute approximate surface area is 120 Å². The zero-order chi connectivity index (χ0) is 14.5. The van der Waals surface area contributed by atoms with Crippen molar-refractivity contribution in [2.45, 2.75) is 12.8 Å². The Kier molecular flexibility index (Phi) is 4.73. The van der Waals surface area contributed by atoms with Crippen molar-refractivity contribution >= 4 is 29.1 Å². The lowest BCUT2D eigenvalue weighted by atomic mass is 9.97. The summed E-state index contributed by atoms with van der Waals surface area (Å²) in [4.78, 5) is 36.2. The van der Waals surface area contributed by atoms with Crippen LogP contribution in [0.5, 0.6) is 0 Å². The highest BCUT2D eigenvalue weighted by Gasteiger charge is 2.27. The molecule has 7 heteroatoms. The SMILES string of the molecule is NC(=O)C1CCCN(C(=O)COC(=O)c2ccsc2)C1. The summed E-state index contributed by atoms with van der Waals surface area (Å²) in [7, 11) is 0. The number of amides is 2. The van der Waals surface area contributed by atoms with Crippen LogP contribution in [0.1, 0.15) is 23.2 Å².